The first-order chi connectivity index (χ1) is 21.4. The van der Waals surface area contributed by atoms with Gasteiger partial charge in [-0.15, -0.1) is 0 Å². The highest BCUT2D eigenvalue weighted by Gasteiger charge is 2.33. The van der Waals surface area contributed by atoms with E-state index in [1.165, 1.54) is 12.1 Å². The molecule has 0 saturated carbocycles. The topological polar surface area (TPSA) is 102 Å². The van der Waals surface area contributed by atoms with Crippen molar-refractivity contribution in [3.8, 4) is 5.75 Å². The van der Waals surface area contributed by atoms with Gasteiger partial charge in [0, 0.05) is 6.54 Å². The summed E-state index contributed by atoms with van der Waals surface area (Å²) >= 11 is 6.27. The molecule has 0 aliphatic carbocycles. The quantitative estimate of drug-likeness (QED) is 0.180. The first-order valence-electron chi connectivity index (χ1n) is 13.5. The van der Waals surface area contributed by atoms with Gasteiger partial charge in [0.05, 0.1) is 35.5 Å². The number of benzene rings is 4. The molecule has 0 spiro atoms. The van der Waals surface area contributed by atoms with Gasteiger partial charge < -0.3 is 14.8 Å². The smallest absolute Gasteiger partial charge is 0.416 e. The molecule has 4 aromatic carbocycles. The number of halogens is 4. The highest BCUT2D eigenvalue weighted by molar-refractivity contribution is 7.93. The lowest BCUT2D eigenvalue weighted by Crippen LogP contribution is -2.31. The Labute approximate surface area is 263 Å². The fourth-order valence-corrected chi connectivity index (χ4v) is 6.20. The van der Waals surface area contributed by atoms with Gasteiger partial charge in [0.25, 0.3) is 15.9 Å². The predicted molar refractivity (Wildman–Crippen MR) is 163 cm³/mol. The summed E-state index contributed by atoms with van der Waals surface area (Å²) in [6, 6.07) is 22.8. The third-order valence-corrected chi connectivity index (χ3v) is 8.85. The van der Waals surface area contributed by atoms with Crippen LogP contribution in [0.2, 0.25) is 5.02 Å². The molecule has 236 valence electrons. The van der Waals surface area contributed by atoms with Gasteiger partial charge in [-0.1, -0.05) is 60.1 Å². The Balaban J connectivity index is 1.51. The Morgan fingerprint density at radius 3 is 2.27 bits per heavy atom. The van der Waals surface area contributed by atoms with Crippen LogP contribution in [-0.4, -0.2) is 40.6 Å². The molecule has 0 atom stereocenters. The molecule has 1 amide bonds. The Morgan fingerprint density at radius 1 is 0.889 bits per heavy atom. The Kier molecular flexibility index (Phi) is 10.7. The van der Waals surface area contributed by atoms with Crippen LogP contribution in [0.4, 0.5) is 18.9 Å². The van der Waals surface area contributed by atoms with Crippen molar-refractivity contribution in [1.29, 1.82) is 0 Å². The number of rotatable bonds is 12. The standard InChI is InChI=1S/C32H28ClF3N2O6S/c1-43-27-13-10-22(11-14-27)16-17-37-30(39)21-44-31(40)24-12-15-28(33)29(18-24)45(41,42)38(20-23-6-3-2-4-7-23)26-9-5-8-25(19-26)32(34,35)36/h2-15,18-19H,16-17,20-21H2,1H3,(H,37,39). The van der Waals surface area contributed by atoms with E-state index in [2.05, 4.69) is 5.32 Å². The van der Waals surface area contributed by atoms with E-state index in [-0.39, 0.29) is 29.4 Å². The SMILES string of the molecule is COc1ccc(CCNC(=O)COC(=O)c2ccc(Cl)c(S(=O)(=O)N(Cc3ccccc3)c3cccc(C(F)(F)F)c3)c2)cc1. The number of methoxy groups -OCH3 is 1. The maximum Gasteiger partial charge on any atom is 0.416 e. The number of amides is 1. The van der Waals surface area contributed by atoms with Crippen molar-refractivity contribution in [3.63, 3.8) is 0 Å². The zero-order chi connectivity index (χ0) is 32.6. The molecule has 1 N–H and O–H groups in total. The molecule has 45 heavy (non-hydrogen) atoms. The highest BCUT2D eigenvalue weighted by atomic mass is 35.5. The van der Waals surface area contributed by atoms with Crippen LogP contribution in [0.5, 0.6) is 5.75 Å². The number of esters is 1. The molecule has 0 heterocycles. The molecule has 0 aromatic heterocycles. The highest BCUT2D eigenvalue weighted by Crippen LogP contribution is 2.35. The van der Waals surface area contributed by atoms with Crippen molar-refractivity contribution >= 4 is 39.2 Å². The van der Waals surface area contributed by atoms with Gasteiger partial charge in [-0.25, -0.2) is 13.2 Å². The largest absolute Gasteiger partial charge is 0.497 e. The van der Waals surface area contributed by atoms with E-state index in [1.54, 1.807) is 49.6 Å². The van der Waals surface area contributed by atoms with Crippen LogP contribution in [0.25, 0.3) is 0 Å². The van der Waals surface area contributed by atoms with Gasteiger partial charge in [-0.2, -0.15) is 13.2 Å². The lowest BCUT2D eigenvalue weighted by Gasteiger charge is -2.26. The summed E-state index contributed by atoms with van der Waals surface area (Å²) in [5.74, 6) is -0.869. The molecule has 13 heteroatoms. The molecule has 8 nitrogen and oxygen atoms in total. The average Bonchev–Trinajstić information content (AvgIpc) is 3.03. The number of carbonyl (C=O) groups is 2. The van der Waals surface area contributed by atoms with E-state index in [0.717, 1.165) is 40.2 Å². The van der Waals surface area contributed by atoms with E-state index in [0.29, 0.717) is 17.7 Å². The summed E-state index contributed by atoms with van der Waals surface area (Å²) in [5.41, 5.74) is -0.0895. The summed E-state index contributed by atoms with van der Waals surface area (Å²) in [6.45, 7) is -0.679. The molecule has 0 unspecified atom stereocenters. The minimum Gasteiger partial charge on any atom is -0.497 e. The van der Waals surface area contributed by atoms with Gasteiger partial charge in [0.15, 0.2) is 6.61 Å². The second-order valence-corrected chi connectivity index (χ2v) is 12.0. The number of hydrogen-bond donors (Lipinski definition) is 1. The zero-order valence-electron chi connectivity index (χ0n) is 23.9. The number of carbonyl (C=O) groups excluding carboxylic acids is 2. The Hall–Kier alpha value is -4.55. The number of anilines is 1. The number of nitrogens with zero attached hydrogens (tertiary/aromatic N) is 1. The lowest BCUT2D eigenvalue weighted by molar-refractivity contribution is -0.137. The summed E-state index contributed by atoms with van der Waals surface area (Å²) in [4.78, 5) is 24.5. The van der Waals surface area contributed by atoms with Crippen molar-refractivity contribution < 1.29 is 40.7 Å². The first-order valence-corrected chi connectivity index (χ1v) is 15.3. The lowest BCUT2D eigenvalue weighted by atomic mass is 10.1. The zero-order valence-corrected chi connectivity index (χ0v) is 25.5. The average molecular weight is 661 g/mol. The molecule has 0 aliphatic rings. The summed E-state index contributed by atoms with van der Waals surface area (Å²) in [6.07, 6.45) is -4.20. The van der Waals surface area contributed by atoms with E-state index in [9.17, 15) is 31.2 Å². The Bertz CT molecular complexity index is 1750. The first kappa shape index (κ1) is 33.3. The molecule has 0 radical (unpaired) electrons. The maximum atomic E-state index is 14.0. The number of hydrogen-bond acceptors (Lipinski definition) is 6. The van der Waals surface area contributed by atoms with Crippen molar-refractivity contribution in [3.05, 3.63) is 124 Å². The van der Waals surface area contributed by atoms with Gasteiger partial charge in [0.1, 0.15) is 10.6 Å². The van der Waals surface area contributed by atoms with Crippen molar-refractivity contribution in [2.24, 2.45) is 0 Å². The molecule has 0 bridgehead atoms. The summed E-state index contributed by atoms with van der Waals surface area (Å²) in [5, 5.41) is 2.36. The minimum absolute atomic E-state index is 0.229. The third kappa shape index (κ3) is 8.77. The molecular weight excluding hydrogens is 633 g/mol. The summed E-state index contributed by atoms with van der Waals surface area (Å²) in [7, 11) is -3.08. The van der Waals surface area contributed by atoms with Gasteiger partial charge >= 0.3 is 12.1 Å². The van der Waals surface area contributed by atoms with Crippen LogP contribution in [0.1, 0.15) is 27.0 Å². The fourth-order valence-electron chi connectivity index (χ4n) is 4.25. The maximum absolute atomic E-state index is 14.0. The van der Waals surface area contributed by atoms with E-state index < -0.39 is 45.1 Å². The van der Waals surface area contributed by atoms with Gasteiger partial charge in [-0.3, -0.25) is 9.10 Å². The van der Waals surface area contributed by atoms with E-state index >= 15 is 0 Å². The van der Waals surface area contributed by atoms with Crippen molar-refractivity contribution in [1.82, 2.24) is 5.32 Å². The van der Waals surface area contributed by atoms with Crippen LogP contribution < -0.4 is 14.4 Å². The van der Waals surface area contributed by atoms with Crippen LogP contribution in [0.15, 0.2) is 102 Å². The minimum atomic E-state index is -4.72. The van der Waals surface area contributed by atoms with Crippen molar-refractivity contribution in [2.75, 3.05) is 24.6 Å². The molecule has 4 rings (SSSR count). The van der Waals surface area contributed by atoms with Gasteiger partial charge in [-0.05, 0) is 66.1 Å². The van der Waals surface area contributed by atoms with E-state index in [4.69, 9.17) is 21.1 Å². The normalized spacial score (nSPS) is 11.5. The monoisotopic (exact) mass is 660 g/mol. The molecular formula is C32H28ClF3N2O6S. The van der Waals surface area contributed by atoms with Crippen molar-refractivity contribution in [2.45, 2.75) is 24.0 Å². The molecule has 0 aliphatic heterocycles. The van der Waals surface area contributed by atoms with E-state index in [1.807, 2.05) is 12.1 Å². The number of nitrogens with one attached hydrogen (secondary N) is 1. The van der Waals surface area contributed by atoms with Crippen LogP contribution in [-0.2, 0) is 38.7 Å². The molecule has 0 fully saturated rings. The van der Waals surface area contributed by atoms with Crippen LogP contribution in [0.3, 0.4) is 0 Å². The second kappa shape index (κ2) is 14.5. The van der Waals surface area contributed by atoms with Gasteiger partial charge in [0.2, 0.25) is 0 Å². The number of ether oxygens (including phenoxy) is 2. The third-order valence-electron chi connectivity index (χ3n) is 6.59. The predicted octanol–water partition coefficient (Wildman–Crippen LogP) is 6.28. The second-order valence-electron chi connectivity index (χ2n) is 9.71. The molecule has 4 aromatic rings. The fraction of sp³-hybridized carbons (Fsp3) is 0.188. The Morgan fingerprint density at radius 2 is 1.60 bits per heavy atom. The van der Waals surface area contributed by atoms with Crippen LogP contribution >= 0.6 is 11.6 Å². The molecule has 0 saturated heterocycles. The number of sulfonamides is 1. The summed E-state index contributed by atoms with van der Waals surface area (Å²) < 4.78 is 79.4. The number of alkyl halides is 3. The van der Waals surface area contributed by atoms with Crippen LogP contribution in [0, 0.1) is 0 Å².